The van der Waals surface area contributed by atoms with Crippen LogP contribution in [-0.2, 0) is 9.59 Å². The molecule has 1 atom stereocenters. The number of aliphatic imine (C=N–C) groups is 1. The Morgan fingerprint density at radius 3 is 2.60 bits per heavy atom. The second-order valence-electron chi connectivity index (χ2n) is 5.17. The Morgan fingerprint density at radius 1 is 1.24 bits per heavy atom. The number of hydrogen-bond acceptors (Lipinski definition) is 5. The van der Waals surface area contributed by atoms with Crippen LogP contribution in [0.3, 0.4) is 0 Å². The second-order valence-corrected chi connectivity index (χ2v) is 5.58. The molecule has 1 amide bonds. The molecular weight excluding hydrogens is 350 g/mol. The summed E-state index contributed by atoms with van der Waals surface area (Å²) < 4.78 is 0. The van der Waals surface area contributed by atoms with Gasteiger partial charge in [0, 0.05) is 28.3 Å². The van der Waals surface area contributed by atoms with Gasteiger partial charge in [0.05, 0.1) is 16.3 Å². The van der Waals surface area contributed by atoms with E-state index >= 15 is 0 Å². The van der Waals surface area contributed by atoms with Gasteiger partial charge >= 0.3 is 5.97 Å². The number of carboxylic acids is 1. The molecule has 8 nitrogen and oxygen atoms in total. The third kappa shape index (κ3) is 3.07. The van der Waals surface area contributed by atoms with Crippen LogP contribution in [-0.4, -0.2) is 33.7 Å². The SMILES string of the molecule is O=C(O)C1N=C(c2ccccc2Cl)c2cc([N+](=O)[O-])ccc2NC1=O. The average molecular weight is 360 g/mol. The highest BCUT2D eigenvalue weighted by atomic mass is 35.5. The normalized spacial score (nSPS) is 16.3. The molecule has 1 aliphatic heterocycles. The zero-order valence-electron chi connectivity index (χ0n) is 12.5. The van der Waals surface area contributed by atoms with Gasteiger partial charge in [-0.3, -0.25) is 19.9 Å². The molecular formula is C16H10ClN3O5. The van der Waals surface area contributed by atoms with Crippen molar-refractivity contribution >= 4 is 40.6 Å². The minimum absolute atomic E-state index is 0.0926. The van der Waals surface area contributed by atoms with E-state index in [-0.39, 0.29) is 27.7 Å². The highest BCUT2D eigenvalue weighted by Gasteiger charge is 2.32. The predicted octanol–water partition coefficient (Wildman–Crippen LogP) is 2.49. The predicted molar refractivity (Wildman–Crippen MR) is 90.2 cm³/mol. The fourth-order valence-electron chi connectivity index (χ4n) is 2.44. The lowest BCUT2D eigenvalue weighted by atomic mass is 10.00. The summed E-state index contributed by atoms with van der Waals surface area (Å²) in [6.07, 6.45) is 0. The van der Waals surface area contributed by atoms with Crippen molar-refractivity contribution in [2.24, 2.45) is 4.99 Å². The zero-order valence-corrected chi connectivity index (χ0v) is 13.2. The highest BCUT2D eigenvalue weighted by molar-refractivity contribution is 6.36. The van der Waals surface area contributed by atoms with Crippen molar-refractivity contribution < 1.29 is 19.6 Å². The molecule has 1 heterocycles. The van der Waals surface area contributed by atoms with Crippen LogP contribution in [0.25, 0.3) is 0 Å². The van der Waals surface area contributed by atoms with Crippen LogP contribution >= 0.6 is 11.6 Å². The van der Waals surface area contributed by atoms with Gasteiger partial charge in [-0.2, -0.15) is 0 Å². The first-order chi connectivity index (χ1) is 11.9. The number of fused-ring (bicyclic) bond motifs is 1. The third-order valence-electron chi connectivity index (χ3n) is 3.60. The molecule has 0 radical (unpaired) electrons. The monoisotopic (exact) mass is 359 g/mol. The number of aliphatic carboxylic acids is 1. The van der Waals surface area contributed by atoms with E-state index in [1.165, 1.54) is 18.2 Å². The number of carbonyl (C=O) groups excluding carboxylic acids is 1. The van der Waals surface area contributed by atoms with Gasteiger partial charge in [0.25, 0.3) is 11.6 Å². The number of carboxylic acid groups (broad SMARTS) is 1. The van der Waals surface area contributed by atoms with Crippen molar-refractivity contribution in [1.29, 1.82) is 0 Å². The molecule has 0 saturated heterocycles. The van der Waals surface area contributed by atoms with Gasteiger partial charge in [-0.25, -0.2) is 4.79 Å². The van der Waals surface area contributed by atoms with Crippen molar-refractivity contribution in [3.8, 4) is 0 Å². The van der Waals surface area contributed by atoms with Crippen molar-refractivity contribution in [3.05, 3.63) is 68.7 Å². The molecule has 2 aromatic carbocycles. The van der Waals surface area contributed by atoms with Crippen molar-refractivity contribution in [2.75, 3.05) is 5.32 Å². The van der Waals surface area contributed by atoms with Gasteiger partial charge in [-0.05, 0) is 12.1 Å². The highest BCUT2D eigenvalue weighted by Crippen LogP contribution is 2.30. The molecule has 1 aliphatic rings. The fraction of sp³-hybridized carbons (Fsp3) is 0.0625. The molecule has 0 aliphatic carbocycles. The van der Waals surface area contributed by atoms with Crippen LogP contribution in [0.2, 0.25) is 5.02 Å². The molecule has 0 aromatic heterocycles. The van der Waals surface area contributed by atoms with E-state index in [0.717, 1.165) is 0 Å². The summed E-state index contributed by atoms with van der Waals surface area (Å²) in [7, 11) is 0. The van der Waals surface area contributed by atoms with Crippen LogP contribution < -0.4 is 5.32 Å². The number of rotatable bonds is 3. The molecule has 9 heteroatoms. The first-order valence-corrected chi connectivity index (χ1v) is 7.41. The number of non-ortho nitro benzene ring substituents is 1. The van der Waals surface area contributed by atoms with E-state index in [4.69, 9.17) is 11.6 Å². The molecule has 3 rings (SSSR count). The average Bonchev–Trinajstić information content (AvgIpc) is 2.71. The van der Waals surface area contributed by atoms with Gasteiger partial charge in [-0.15, -0.1) is 0 Å². The molecule has 1 unspecified atom stereocenters. The van der Waals surface area contributed by atoms with Crippen molar-refractivity contribution in [3.63, 3.8) is 0 Å². The standard InChI is InChI=1S/C16H10ClN3O5/c17-11-4-2-1-3-9(11)13-10-7-8(20(24)25)5-6-12(10)18-15(21)14(19-13)16(22)23/h1-7,14H,(H,18,21)(H,22,23). The van der Waals surface area contributed by atoms with Gasteiger partial charge in [0.2, 0.25) is 6.04 Å². The Kier molecular flexibility index (Phi) is 4.20. The molecule has 0 fully saturated rings. The Labute approximate surface area is 145 Å². The molecule has 0 spiro atoms. The number of nitro benzene ring substituents is 1. The Morgan fingerprint density at radius 2 is 1.96 bits per heavy atom. The van der Waals surface area contributed by atoms with E-state index in [2.05, 4.69) is 10.3 Å². The Hall–Kier alpha value is -3.26. The first kappa shape index (κ1) is 16.6. The maximum absolute atomic E-state index is 12.1. The largest absolute Gasteiger partial charge is 0.479 e. The maximum Gasteiger partial charge on any atom is 0.338 e. The van der Waals surface area contributed by atoms with Crippen LogP contribution in [0.5, 0.6) is 0 Å². The number of nitrogens with one attached hydrogen (secondary N) is 1. The maximum atomic E-state index is 12.1. The smallest absolute Gasteiger partial charge is 0.338 e. The number of halogens is 1. The van der Waals surface area contributed by atoms with Crippen LogP contribution in [0, 0.1) is 10.1 Å². The summed E-state index contributed by atoms with van der Waals surface area (Å²) >= 11 is 6.18. The van der Waals surface area contributed by atoms with Crippen molar-refractivity contribution in [1.82, 2.24) is 0 Å². The van der Waals surface area contributed by atoms with Gasteiger partial charge in [0.1, 0.15) is 0 Å². The summed E-state index contributed by atoms with van der Waals surface area (Å²) in [4.78, 5) is 38.0. The summed E-state index contributed by atoms with van der Waals surface area (Å²) in [6.45, 7) is 0. The minimum Gasteiger partial charge on any atom is -0.479 e. The molecule has 0 saturated carbocycles. The summed E-state index contributed by atoms with van der Waals surface area (Å²) in [6, 6.07) is 8.59. The topological polar surface area (TPSA) is 122 Å². The first-order valence-electron chi connectivity index (χ1n) is 7.03. The van der Waals surface area contributed by atoms with Crippen LogP contribution in [0.1, 0.15) is 11.1 Å². The molecule has 25 heavy (non-hydrogen) atoms. The molecule has 126 valence electrons. The third-order valence-corrected chi connectivity index (χ3v) is 3.93. The number of benzodiazepines with no additional fused rings is 1. The van der Waals surface area contributed by atoms with Crippen LogP contribution in [0.4, 0.5) is 11.4 Å². The number of hydrogen-bond donors (Lipinski definition) is 2. The quantitative estimate of drug-likeness (QED) is 0.495. The lowest BCUT2D eigenvalue weighted by molar-refractivity contribution is -0.384. The van der Waals surface area contributed by atoms with Gasteiger partial charge in [-0.1, -0.05) is 29.8 Å². The molecule has 2 N–H and O–H groups in total. The van der Waals surface area contributed by atoms with Gasteiger partial charge in [0.15, 0.2) is 0 Å². The number of anilines is 1. The number of nitrogens with zero attached hydrogens (tertiary/aromatic N) is 2. The molecule has 2 aromatic rings. The number of benzene rings is 2. The van der Waals surface area contributed by atoms with E-state index < -0.39 is 22.8 Å². The van der Waals surface area contributed by atoms with E-state index in [1.54, 1.807) is 24.3 Å². The van der Waals surface area contributed by atoms with E-state index in [9.17, 15) is 24.8 Å². The fourth-order valence-corrected chi connectivity index (χ4v) is 2.67. The minimum atomic E-state index is -1.70. The van der Waals surface area contributed by atoms with Crippen LogP contribution in [0.15, 0.2) is 47.5 Å². The van der Waals surface area contributed by atoms with E-state index in [1.807, 2.05) is 0 Å². The Balaban J connectivity index is 2.31. The summed E-state index contributed by atoms with van der Waals surface area (Å²) in [5, 5.41) is 23.1. The lowest BCUT2D eigenvalue weighted by Gasteiger charge is -2.11. The number of amides is 1. The number of carbonyl (C=O) groups is 2. The van der Waals surface area contributed by atoms with Crippen molar-refractivity contribution in [2.45, 2.75) is 6.04 Å². The summed E-state index contributed by atoms with van der Waals surface area (Å²) in [5.74, 6) is -2.28. The second kappa shape index (κ2) is 6.33. The lowest BCUT2D eigenvalue weighted by Crippen LogP contribution is -2.32. The number of nitro groups is 1. The van der Waals surface area contributed by atoms with Gasteiger partial charge < -0.3 is 10.4 Å². The molecule has 0 bridgehead atoms. The Bertz CT molecular complexity index is 941. The summed E-state index contributed by atoms with van der Waals surface area (Å²) in [5.41, 5.74) is 0.683. The van der Waals surface area contributed by atoms with E-state index in [0.29, 0.717) is 5.56 Å². The zero-order chi connectivity index (χ0) is 18.1.